The van der Waals surface area contributed by atoms with Gasteiger partial charge in [-0.1, -0.05) is 19.8 Å². The maximum Gasteiger partial charge on any atom is 0.0545 e. The van der Waals surface area contributed by atoms with Crippen LogP contribution in [-0.2, 0) is 0 Å². The molecule has 2 rings (SSSR count). The molecule has 0 spiro atoms. The first-order chi connectivity index (χ1) is 5.75. The molecule has 0 aromatic rings. The Morgan fingerprint density at radius 1 is 0.917 bits per heavy atom. The summed E-state index contributed by atoms with van der Waals surface area (Å²) in [5.74, 6) is 2.81. The van der Waals surface area contributed by atoms with Crippen LogP contribution in [0.15, 0.2) is 0 Å². The van der Waals surface area contributed by atoms with Gasteiger partial charge in [-0.05, 0) is 43.4 Å². The summed E-state index contributed by atoms with van der Waals surface area (Å²) < 4.78 is 0. The number of hydrogen-bond acceptors (Lipinski definition) is 1. The zero-order valence-corrected chi connectivity index (χ0v) is 8.00. The summed E-state index contributed by atoms with van der Waals surface area (Å²) in [5.41, 5.74) is 0. The smallest absolute Gasteiger partial charge is 0.0545 e. The number of hydrogen-bond donors (Lipinski definition) is 1. The van der Waals surface area contributed by atoms with Gasteiger partial charge in [-0.2, -0.15) is 0 Å². The maximum atomic E-state index is 9.20. The molecule has 0 aromatic heterocycles. The number of aliphatic hydroxyl groups excluding tert-OH is 1. The average Bonchev–Trinajstić information content (AvgIpc) is 2.01. The quantitative estimate of drug-likeness (QED) is 0.638. The van der Waals surface area contributed by atoms with Crippen LogP contribution in [0, 0.1) is 17.8 Å². The Kier molecular flexibility index (Phi) is 2.40. The Morgan fingerprint density at radius 2 is 1.50 bits per heavy atom. The molecule has 1 N–H and O–H groups in total. The summed E-state index contributed by atoms with van der Waals surface area (Å²) in [7, 11) is 0. The zero-order chi connectivity index (χ0) is 8.55. The second-order valence-electron chi connectivity index (χ2n) is 4.91. The molecule has 2 aliphatic rings. The van der Waals surface area contributed by atoms with E-state index in [1.807, 2.05) is 0 Å². The van der Waals surface area contributed by atoms with Gasteiger partial charge in [0.25, 0.3) is 0 Å². The average molecular weight is 168 g/mol. The fourth-order valence-corrected chi connectivity index (χ4v) is 2.77. The van der Waals surface area contributed by atoms with Crippen molar-refractivity contribution in [2.75, 3.05) is 0 Å². The van der Waals surface area contributed by atoms with Crippen molar-refractivity contribution in [2.45, 2.75) is 51.6 Å². The van der Waals surface area contributed by atoms with Gasteiger partial charge in [0.05, 0.1) is 6.10 Å². The van der Waals surface area contributed by atoms with Gasteiger partial charge >= 0.3 is 0 Å². The summed E-state index contributed by atoms with van der Waals surface area (Å²) >= 11 is 0. The lowest BCUT2D eigenvalue weighted by molar-refractivity contribution is 0.00182. The summed E-state index contributed by atoms with van der Waals surface area (Å²) in [6.45, 7) is 2.37. The largest absolute Gasteiger partial charge is 0.393 e. The lowest BCUT2D eigenvalue weighted by Crippen LogP contribution is -2.35. The maximum absolute atomic E-state index is 9.20. The van der Waals surface area contributed by atoms with E-state index >= 15 is 0 Å². The Morgan fingerprint density at radius 3 is 2.00 bits per heavy atom. The van der Waals surface area contributed by atoms with Crippen molar-refractivity contribution in [1.82, 2.24) is 0 Å². The van der Waals surface area contributed by atoms with E-state index in [0.29, 0.717) is 0 Å². The first-order valence-electron chi connectivity index (χ1n) is 5.43. The highest BCUT2D eigenvalue weighted by atomic mass is 16.3. The molecular weight excluding hydrogens is 148 g/mol. The minimum Gasteiger partial charge on any atom is -0.393 e. The van der Waals surface area contributed by atoms with E-state index in [9.17, 15) is 5.11 Å². The molecule has 2 aliphatic carbocycles. The molecule has 0 aliphatic heterocycles. The third kappa shape index (κ3) is 1.66. The van der Waals surface area contributed by atoms with Gasteiger partial charge in [-0.15, -0.1) is 0 Å². The molecule has 0 aromatic carbocycles. The second-order valence-corrected chi connectivity index (χ2v) is 4.91. The first-order valence-corrected chi connectivity index (χ1v) is 5.43. The SMILES string of the molecule is CC1CCC(C2CC(O)C2)CC1. The van der Waals surface area contributed by atoms with Crippen LogP contribution in [-0.4, -0.2) is 11.2 Å². The van der Waals surface area contributed by atoms with Crippen LogP contribution in [0.5, 0.6) is 0 Å². The Hall–Kier alpha value is -0.0400. The molecule has 2 fully saturated rings. The molecule has 0 bridgehead atoms. The van der Waals surface area contributed by atoms with Gasteiger partial charge in [-0.25, -0.2) is 0 Å². The van der Waals surface area contributed by atoms with Crippen molar-refractivity contribution in [3.8, 4) is 0 Å². The van der Waals surface area contributed by atoms with E-state index in [2.05, 4.69) is 6.92 Å². The summed E-state index contributed by atoms with van der Waals surface area (Å²) in [5, 5.41) is 9.20. The molecule has 70 valence electrons. The fraction of sp³-hybridized carbons (Fsp3) is 1.00. The molecule has 0 unspecified atom stereocenters. The van der Waals surface area contributed by atoms with E-state index < -0.39 is 0 Å². The molecule has 12 heavy (non-hydrogen) atoms. The lowest BCUT2D eigenvalue weighted by Gasteiger charge is -2.40. The van der Waals surface area contributed by atoms with Crippen LogP contribution in [0.3, 0.4) is 0 Å². The van der Waals surface area contributed by atoms with Crippen LogP contribution < -0.4 is 0 Å². The molecule has 1 heteroatoms. The molecule has 0 heterocycles. The van der Waals surface area contributed by atoms with Crippen molar-refractivity contribution >= 4 is 0 Å². The minimum atomic E-state index is 0.0503. The summed E-state index contributed by atoms with van der Waals surface area (Å²) in [6.07, 6.45) is 7.96. The molecule has 1 nitrogen and oxygen atoms in total. The van der Waals surface area contributed by atoms with Crippen LogP contribution in [0.4, 0.5) is 0 Å². The van der Waals surface area contributed by atoms with Crippen molar-refractivity contribution in [1.29, 1.82) is 0 Å². The van der Waals surface area contributed by atoms with Gasteiger partial charge < -0.3 is 5.11 Å². The molecule has 0 atom stereocenters. The molecule has 0 amide bonds. The van der Waals surface area contributed by atoms with Crippen molar-refractivity contribution in [2.24, 2.45) is 17.8 Å². The Bertz CT molecular complexity index is 141. The molecule has 2 saturated carbocycles. The van der Waals surface area contributed by atoms with E-state index in [-0.39, 0.29) is 6.10 Å². The van der Waals surface area contributed by atoms with Crippen LogP contribution in [0.1, 0.15) is 45.4 Å². The number of rotatable bonds is 1. The molecule has 0 radical (unpaired) electrons. The lowest BCUT2D eigenvalue weighted by atomic mass is 9.67. The molecule has 0 saturated heterocycles. The van der Waals surface area contributed by atoms with Gasteiger partial charge in [0.15, 0.2) is 0 Å². The van der Waals surface area contributed by atoms with Crippen molar-refractivity contribution in [3.63, 3.8) is 0 Å². The monoisotopic (exact) mass is 168 g/mol. The molecular formula is C11H20O. The van der Waals surface area contributed by atoms with Crippen LogP contribution >= 0.6 is 0 Å². The second kappa shape index (κ2) is 3.37. The number of aliphatic hydroxyl groups is 1. The van der Waals surface area contributed by atoms with E-state index in [4.69, 9.17) is 0 Å². The normalized spacial score (nSPS) is 48.5. The van der Waals surface area contributed by atoms with Gasteiger partial charge in [-0.3, -0.25) is 0 Å². The van der Waals surface area contributed by atoms with E-state index in [1.54, 1.807) is 0 Å². The van der Waals surface area contributed by atoms with Crippen molar-refractivity contribution < 1.29 is 5.11 Å². The summed E-state index contributed by atoms with van der Waals surface area (Å²) in [4.78, 5) is 0. The minimum absolute atomic E-state index is 0.0503. The van der Waals surface area contributed by atoms with Gasteiger partial charge in [0, 0.05) is 0 Å². The van der Waals surface area contributed by atoms with Crippen LogP contribution in [0.25, 0.3) is 0 Å². The van der Waals surface area contributed by atoms with Crippen molar-refractivity contribution in [3.05, 3.63) is 0 Å². The Labute approximate surface area is 75.2 Å². The van der Waals surface area contributed by atoms with E-state index in [0.717, 1.165) is 30.6 Å². The van der Waals surface area contributed by atoms with Gasteiger partial charge in [0.2, 0.25) is 0 Å². The first kappa shape index (κ1) is 8.55. The van der Waals surface area contributed by atoms with Crippen LogP contribution in [0.2, 0.25) is 0 Å². The summed E-state index contributed by atoms with van der Waals surface area (Å²) in [6, 6.07) is 0. The predicted octanol–water partition coefficient (Wildman–Crippen LogP) is 2.58. The Balaban J connectivity index is 1.75. The van der Waals surface area contributed by atoms with Gasteiger partial charge in [0.1, 0.15) is 0 Å². The highest BCUT2D eigenvalue weighted by Gasteiger charge is 2.34. The highest BCUT2D eigenvalue weighted by Crippen LogP contribution is 2.42. The highest BCUT2D eigenvalue weighted by molar-refractivity contribution is 4.86. The zero-order valence-electron chi connectivity index (χ0n) is 8.00. The third-order valence-electron chi connectivity index (χ3n) is 3.88. The fourth-order valence-electron chi connectivity index (χ4n) is 2.77. The van der Waals surface area contributed by atoms with E-state index in [1.165, 1.54) is 25.7 Å². The standard InChI is InChI=1S/C11H20O/c1-8-2-4-9(5-3-8)10-6-11(12)7-10/h8-12H,2-7H2,1H3. The third-order valence-corrected chi connectivity index (χ3v) is 3.88. The topological polar surface area (TPSA) is 20.2 Å². The predicted molar refractivity (Wildman–Crippen MR) is 49.9 cm³/mol.